The Morgan fingerprint density at radius 2 is 1.36 bits per heavy atom. The van der Waals surface area contributed by atoms with Crippen molar-refractivity contribution in [2.75, 3.05) is 12.3 Å². The second-order valence-electron chi connectivity index (χ2n) is 18.8. The van der Waals surface area contributed by atoms with Gasteiger partial charge in [0.15, 0.2) is 5.96 Å². The van der Waals surface area contributed by atoms with Crippen LogP contribution in [0, 0.1) is 0 Å². The lowest BCUT2D eigenvalue weighted by Gasteiger charge is -2.27. The largest absolute Gasteiger partial charge is 0.370 e. The highest BCUT2D eigenvalue weighted by Crippen LogP contribution is 2.32. The van der Waals surface area contributed by atoms with Crippen LogP contribution in [0.25, 0.3) is 21.7 Å². The Balaban J connectivity index is 1.33. The number of carbonyl (C=O) groups is 7. The van der Waals surface area contributed by atoms with Crippen LogP contribution in [0.2, 0.25) is 0 Å². The molecule has 0 saturated heterocycles. The maximum absolute atomic E-state index is 14.8. The third-order valence-electron chi connectivity index (χ3n) is 13.1. The molecule has 7 atom stereocenters. The number of hydrogen-bond donors (Lipinski definition) is 12. The lowest BCUT2D eigenvalue weighted by atomic mass is 9.99. The summed E-state index contributed by atoms with van der Waals surface area (Å²) < 4.78 is 0. The molecule has 16 N–H and O–H groups in total. The quantitative estimate of drug-likeness (QED) is 0.0372. The number of imidazole rings is 1. The van der Waals surface area contributed by atoms with Gasteiger partial charge in [-0.15, -0.1) is 11.8 Å². The van der Waals surface area contributed by atoms with E-state index in [2.05, 4.69) is 51.8 Å². The van der Waals surface area contributed by atoms with E-state index in [1.54, 1.807) is 30.3 Å². The van der Waals surface area contributed by atoms with Crippen LogP contribution in [0.3, 0.4) is 0 Å². The first-order valence-corrected chi connectivity index (χ1v) is 26.3. The molecule has 2 aromatic heterocycles. The molecule has 1 aliphatic rings. The molecule has 7 amide bonds. The number of amides is 7. The minimum atomic E-state index is -1.35. The average Bonchev–Trinajstić information content (AvgIpc) is 4.06. The summed E-state index contributed by atoms with van der Waals surface area (Å²) in [7, 11) is 0. The van der Waals surface area contributed by atoms with Crippen molar-refractivity contribution in [1.29, 1.82) is 0 Å². The Kier molecular flexibility index (Phi) is 19.6. The number of hydrogen-bond acceptors (Lipinski definition) is 11. The zero-order valence-electron chi connectivity index (χ0n) is 42.2. The van der Waals surface area contributed by atoms with Gasteiger partial charge in [0.2, 0.25) is 41.4 Å². The summed E-state index contributed by atoms with van der Waals surface area (Å²) in [5.41, 5.74) is 26.7. The second-order valence-corrected chi connectivity index (χ2v) is 19.8. The van der Waals surface area contributed by atoms with Crippen LogP contribution < -0.4 is 54.8 Å². The first-order chi connectivity index (χ1) is 36.6. The summed E-state index contributed by atoms with van der Waals surface area (Å²) in [5.74, 6) is -5.52. The van der Waals surface area contributed by atoms with Crippen molar-refractivity contribution in [1.82, 2.24) is 46.9 Å². The third-order valence-corrected chi connectivity index (χ3v) is 14.2. The van der Waals surface area contributed by atoms with E-state index >= 15 is 0 Å². The molecule has 0 bridgehead atoms. The number of unbranched alkanes of at least 4 members (excludes halogenated alkanes) is 1. The van der Waals surface area contributed by atoms with Gasteiger partial charge in [0.1, 0.15) is 36.3 Å². The number of H-pyrrole nitrogens is 2. The number of primary amides is 1. The predicted molar refractivity (Wildman–Crippen MR) is 291 cm³/mol. The van der Waals surface area contributed by atoms with Crippen LogP contribution in [-0.4, -0.2) is 117 Å². The van der Waals surface area contributed by atoms with Gasteiger partial charge in [-0.3, -0.25) is 38.6 Å². The summed E-state index contributed by atoms with van der Waals surface area (Å²) in [5, 5.41) is 20.0. The molecule has 0 fully saturated rings. The maximum atomic E-state index is 14.8. The highest BCUT2D eigenvalue weighted by Gasteiger charge is 2.35. The smallest absolute Gasteiger partial charge is 0.244 e. The molecule has 0 saturated carbocycles. The number of rotatable bonds is 16. The zero-order valence-corrected chi connectivity index (χ0v) is 43.0. The van der Waals surface area contributed by atoms with E-state index in [1.165, 1.54) is 12.5 Å². The number of nitrogens with two attached hydrogens (primary N) is 4. The van der Waals surface area contributed by atoms with Crippen LogP contribution in [0.15, 0.2) is 120 Å². The van der Waals surface area contributed by atoms with E-state index in [1.807, 2.05) is 73.7 Å². The minimum absolute atomic E-state index is 0.0245. The van der Waals surface area contributed by atoms with Gasteiger partial charge in [-0.2, -0.15) is 0 Å². The number of nitrogens with one attached hydrogen (secondary N) is 8. The Bertz CT molecular complexity index is 3020. The van der Waals surface area contributed by atoms with Crippen molar-refractivity contribution in [3.63, 3.8) is 0 Å². The number of aromatic amines is 2. The lowest BCUT2D eigenvalue weighted by Crippen LogP contribution is -2.61. The van der Waals surface area contributed by atoms with E-state index in [4.69, 9.17) is 22.9 Å². The number of nitrogens with zero attached hydrogens (tertiary/aromatic N) is 2. The summed E-state index contributed by atoms with van der Waals surface area (Å²) in [6.07, 6.45) is 4.53. The average molecular weight is 1060 g/mol. The van der Waals surface area contributed by atoms with Crippen molar-refractivity contribution in [3.05, 3.63) is 132 Å². The highest BCUT2D eigenvalue weighted by molar-refractivity contribution is 7.99. The fourth-order valence-electron chi connectivity index (χ4n) is 8.94. The molecule has 0 radical (unpaired) electrons. The van der Waals surface area contributed by atoms with Crippen molar-refractivity contribution < 1.29 is 33.6 Å². The molecule has 7 rings (SSSR count). The van der Waals surface area contributed by atoms with Gasteiger partial charge in [0, 0.05) is 60.8 Å². The molecule has 76 heavy (non-hydrogen) atoms. The zero-order chi connectivity index (χ0) is 54.1. The summed E-state index contributed by atoms with van der Waals surface area (Å²) >= 11 is 1.16. The topological polar surface area (TPSA) is 353 Å². The molecule has 0 spiro atoms. The number of fused-ring (bicyclic) bond motifs is 4. The Morgan fingerprint density at radius 3 is 2.05 bits per heavy atom. The van der Waals surface area contributed by atoms with E-state index < -0.39 is 83.6 Å². The molecule has 21 nitrogen and oxygen atoms in total. The SMILES string of the molecule is CCCC[C@H](N)C(=O)N[C@H]1CSc2[nH]c3ccccc3c2C[C@@H](C(N)=O)NC(=O)[C@H](Cc2ccc3ccccc3c2)NC(=O)[C@H](CCCN=C(N)N)NC(=O)[C@@H](Cc2ccccc2)NC(=O)[C@H](Cc2cnc[nH]2)NC1=O. The Morgan fingerprint density at radius 1 is 0.724 bits per heavy atom. The Hall–Kier alpha value is -8.24. The van der Waals surface area contributed by atoms with Crippen molar-refractivity contribution >= 4 is 80.7 Å². The van der Waals surface area contributed by atoms with Crippen LogP contribution in [0.1, 0.15) is 61.4 Å². The molecule has 0 unspecified atom stereocenters. The second kappa shape index (κ2) is 26.8. The number of carbonyl (C=O) groups excluding carboxylic acids is 7. The van der Waals surface area contributed by atoms with Crippen LogP contribution in [0.4, 0.5) is 0 Å². The minimum Gasteiger partial charge on any atom is -0.370 e. The number of guanidine groups is 1. The highest BCUT2D eigenvalue weighted by atomic mass is 32.2. The molecule has 1 aliphatic heterocycles. The van der Waals surface area contributed by atoms with Crippen molar-refractivity contribution in [2.45, 2.75) is 112 Å². The monoisotopic (exact) mass is 1050 g/mol. The first kappa shape index (κ1) is 55.5. The molecule has 400 valence electrons. The van der Waals surface area contributed by atoms with Crippen LogP contribution in [0.5, 0.6) is 0 Å². The molecular weight excluding hydrogens is 989 g/mol. The number of para-hydroxylation sites is 1. The van der Waals surface area contributed by atoms with E-state index in [-0.39, 0.29) is 56.8 Å². The molecule has 6 aromatic rings. The molecule has 4 aromatic carbocycles. The van der Waals surface area contributed by atoms with Gasteiger partial charge in [-0.25, -0.2) is 4.98 Å². The number of thioether (sulfide) groups is 1. The predicted octanol–water partition coefficient (Wildman–Crippen LogP) is 1.39. The van der Waals surface area contributed by atoms with E-state index in [0.29, 0.717) is 51.2 Å². The maximum Gasteiger partial charge on any atom is 0.244 e. The fourth-order valence-corrected chi connectivity index (χ4v) is 10.1. The van der Waals surface area contributed by atoms with Gasteiger partial charge in [0.05, 0.1) is 17.4 Å². The molecule has 3 heterocycles. The summed E-state index contributed by atoms with van der Waals surface area (Å²) in [4.78, 5) is 116. The standard InChI is InChI=1S/C54H66N14O7S/c1-2-3-17-38(55)47(70)67-45-29-76-53-37(36-16-9-10-18-39(36)68-53)27-41(46(56)69)63-50(73)43(25-32-20-21-33-14-7-8-15-34(33)23-32)64-48(71)40(19-11-22-60-54(57)58)62-49(72)42(24-31-12-5-4-6-13-31)65-51(74)44(66-52(45)75)26-35-28-59-30-61-35/h4-10,12-16,18,20-21,23,28,30,38,40-45,68H,2-3,11,17,19,22,24-27,29,55H2,1H3,(H2,56,69)(H,59,61)(H,62,72)(H,63,73)(H,64,71)(H,65,74)(H,66,75)(H,67,70)(H4,57,58,60)/t38-,40-,41-,42+,43-,44-,45-/m0/s1. The van der Waals surface area contributed by atoms with Crippen molar-refractivity contribution in [3.8, 4) is 0 Å². The Labute approximate surface area is 443 Å². The first-order valence-electron chi connectivity index (χ1n) is 25.3. The number of benzene rings is 4. The normalized spacial score (nSPS) is 20.6. The molecule has 0 aliphatic carbocycles. The number of aromatic nitrogens is 3. The molecular formula is C54H66N14O7S. The van der Waals surface area contributed by atoms with E-state index in [9.17, 15) is 33.6 Å². The summed E-state index contributed by atoms with van der Waals surface area (Å²) in [6, 6.07) is 20.5. The lowest BCUT2D eigenvalue weighted by molar-refractivity contribution is -0.135. The number of aliphatic imine (C=N–C) groups is 1. The fraction of sp³-hybridized carbons (Fsp3) is 0.352. The van der Waals surface area contributed by atoms with Gasteiger partial charge in [-0.1, -0.05) is 111 Å². The van der Waals surface area contributed by atoms with Gasteiger partial charge >= 0.3 is 0 Å². The van der Waals surface area contributed by atoms with Gasteiger partial charge < -0.3 is 64.8 Å². The van der Waals surface area contributed by atoms with Crippen LogP contribution >= 0.6 is 11.8 Å². The molecule has 22 heteroatoms. The van der Waals surface area contributed by atoms with Gasteiger partial charge in [0.25, 0.3) is 0 Å². The van der Waals surface area contributed by atoms with E-state index in [0.717, 1.165) is 29.0 Å². The summed E-state index contributed by atoms with van der Waals surface area (Å²) in [6.45, 7) is 2.05. The van der Waals surface area contributed by atoms with Crippen molar-refractivity contribution in [2.24, 2.45) is 27.9 Å². The van der Waals surface area contributed by atoms with Crippen LogP contribution in [-0.2, 0) is 59.2 Å². The third kappa shape index (κ3) is 15.4. The van der Waals surface area contributed by atoms with Gasteiger partial charge in [-0.05, 0) is 52.8 Å².